The highest BCUT2D eigenvalue weighted by Gasteiger charge is 2.39. The predicted octanol–water partition coefficient (Wildman–Crippen LogP) is 1.64. The lowest BCUT2D eigenvalue weighted by atomic mass is 9.79. The smallest absolute Gasteiger partial charge is 0.228 e. The molecule has 0 bridgehead atoms. The molecule has 2 rings (SSSR count). The zero-order chi connectivity index (χ0) is 14.6. The van der Waals surface area contributed by atoms with E-state index in [2.05, 4.69) is 17.2 Å². The maximum Gasteiger partial charge on any atom is 0.228 e. The fourth-order valence-electron chi connectivity index (χ4n) is 2.40. The highest BCUT2D eigenvalue weighted by Crippen LogP contribution is 2.30. The van der Waals surface area contributed by atoms with Crippen molar-refractivity contribution in [3.63, 3.8) is 0 Å². The van der Waals surface area contributed by atoms with Crippen LogP contribution in [0.3, 0.4) is 0 Å². The number of thiazole rings is 1. The van der Waals surface area contributed by atoms with Crippen LogP contribution in [0.15, 0.2) is 5.38 Å². The first-order valence-electron chi connectivity index (χ1n) is 7.14. The molecule has 1 fully saturated rings. The molecule has 0 aliphatic carbocycles. The summed E-state index contributed by atoms with van der Waals surface area (Å²) in [5.74, 6) is 0.0295. The summed E-state index contributed by atoms with van der Waals surface area (Å²) in [6.07, 6.45) is 2.31. The first kappa shape index (κ1) is 15.4. The Bertz CT molecular complexity index is 455. The third-order valence-electron chi connectivity index (χ3n) is 3.99. The van der Waals surface area contributed by atoms with Gasteiger partial charge in [0, 0.05) is 25.1 Å². The van der Waals surface area contributed by atoms with Gasteiger partial charge in [0.15, 0.2) is 0 Å². The molecule has 1 saturated heterocycles. The summed E-state index contributed by atoms with van der Waals surface area (Å²) in [5, 5.41) is 6.18. The molecule has 5 nitrogen and oxygen atoms in total. The summed E-state index contributed by atoms with van der Waals surface area (Å²) in [4.78, 5) is 17.1. The van der Waals surface area contributed by atoms with Crippen LogP contribution in [0.2, 0.25) is 0 Å². The van der Waals surface area contributed by atoms with Crippen LogP contribution in [0.5, 0.6) is 0 Å². The van der Waals surface area contributed by atoms with Gasteiger partial charge in [-0.05, 0) is 26.2 Å². The minimum Gasteiger partial charge on any atom is -0.381 e. The van der Waals surface area contributed by atoms with Crippen LogP contribution in [0.25, 0.3) is 0 Å². The number of hydrogen-bond acceptors (Lipinski definition) is 5. The molecule has 1 aromatic rings. The van der Waals surface area contributed by atoms with Crippen molar-refractivity contribution in [2.24, 2.45) is 11.1 Å². The van der Waals surface area contributed by atoms with Crippen LogP contribution in [0.4, 0.5) is 0 Å². The first-order valence-corrected chi connectivity index (χ1v) is 8.02. The van der Waals surface area contributed by atoms with E-state index in [1.54, 1.807) is 11.3 Å². The largest absolute Gasteiger partial charge is 0.381 e. The molecule has 2 heterocycles. The van der Waals surface area contributed by atoms with Crippen LogP contribution >= 0.6 is 11.3 Å². The maximum atomic E-state index is 12.5. The van der Waals surface area contributed by atoms with Crippen LogP contribution in [0.1, 0.15) is 43.4 Å². The van der Waals surface area contributed by atoms with Gasteiger partial charge < -0.3 is 15.8 Å². The lowest BCUT2D eigenvalue weighted by Gasteiger charge is -2.35. The van der Waals surface area contributed by atoms with Crippen LogP contribution in [0, 0.1) is 5.41 Å². The van der Waals surface area contributed by atoms with Gasteiger partial charge in [-0.25, -0.2) is 4.98 Å². The summed E-state index contributed by atoms with van der Waals surface area (Å²) >= 11 is 1.64. The van der Waals surface area contributed by atoms with Gasteiger partial charge in [0.2, 0.25) is 5.91 Å². The Labute approximate surface area is 123 Å². The third-order valence-corrected chi connectivity index (χ3v) is 5.00. The Kier molecular flexibility index (Phi) is 5.12. The van der Waals surface area contributed by atoms with E-state index in [1.807, 2.05) is 12.3 Å². The van der Waals surface area contributed by atoms with E-state index in [0.717, 1.165) is 17.1 Å². The van der Waals surface area contributed by atoms with E-state index in [9.17, 15) is 4.79 Å². The van der Waals surface area contributed by atoms with Gasteiger partial charge >= 0.3 is 0 Å². The molecule has 1 aliphatic rings. The van der Waals surface area contributed by atoms with Crippen molar-refractivity contribution in [1.29, 1.82) is 0 Å². The van der Waals surface area contributed by atoms with Crippen molar-refractivity contribution in [1.82, 2.24) is 10.3 Å². The van der Waals surface area contributed by atoms with Gasteiger partial charge in [-0.1, -0.05) is 6.92 Å². The second-order valence-electron chi connectivity index (χ2n) is 5.31. The second kappa shape index (κ2) is 6.65. The Morgan fingerprint density at radius 1 is 1.60 bits per heavy atom. The monoisotopic (exact) mass is 297 g/mol. The number of carbonyl (C=O) groups excluding carboxylic acids is 1. The maximum absolute atomic E-state index is 12.5. The minimum absolute atomic E-state index is 0.0295. The van der Waals surface area contributed by atoms with Crippen molar-refractivity contribution in [3.05, 3.63) is 16.1 Å². The third kappa shape index (κ3) is 3.19. The number of hydrogen-bond donors (Lipinski definition) is 2. The van der Waals surface area contributed by atoms with Crippen LogP contribution < -0.4 is 11.1 Å². The molecule has 0 radical (unpaired) electrons. The van der Waals surface area contributed by atoms with E-state index < -0.39 is 5.41 Å². The van der Waals surface area contributed by atoms with Crippen LogP contribution in [-0.2, 0) is 16.0 Å². The highest BCUT2D eigenvalue weighted by molar-refractivity contribution is 7.09. The molecule has 1 unspecified atom stereocenters. The topological polar surface area (TPSA) is 77.2 Å². The van der Waals surface area contributed by atoms with E-state index in [1.165, 1.54) is 0 Å². The molecule has 6 heteroatoms. The Balaban J connectivity index is 2.02. The molecule has 112 valence electrons. The molecule has 1 atom stereocenters. The number of aryl methyl sites for hydroxylation is 1. The molecule has 1 amide bonds. The molecule has 3 N–H and O–H groups in total. The quantitative estimate of drug-likeness (QED) is 0.866. The summed E-state index contributed by atoms with van der Waals surface area (Å²) in [7, 11) is 0. The van der Waals surface area contributed by atoms with Gasteiger partial charge in [0.1, 0.15) is 0 Å². The molecule has 20 heavy (non-hydrogen) atoms. The lowest BCUT2D eigenvalue weighted by Crippen LogP contribution is -2.49. The van der Waals surface area contributed by atoms with Crippen molar-refractivity contribution >= 4 is 17.2 Å². The van der Waals surface area contributed by atoms with Crippen LogP contribution in [-0.4, -0.2) is 30.6 Å². The number of carbonyl (C=O) groups is 1. The van der Waals surface area contributed by atoms with Gasteiger partial charge in [0.05, 0.1) is 22.2 Å². The first-order chi connectivity index (χ1) is 9.61. The average molecular weight is 297 g/mol. The van der Waals surface area contributed by atoms with Crippen molar-refractivity contribution in [2.75, 3.05) is 19.8 Å². The SMILES string of the molecule is CCc1nc(C(C)NC(=O)C2(CN)CCOCC2)cs1. The molecule has 0 spiro atoms. The van der Waals surface area contributed by atoms with Crippen molar-refractivity contribution in [3.8, 4) is 0 Å². The second-order valence-corrected chi connectivity index (χ2v) is 6.25. The van der Waals surface area contributed by atoms with E-state index in [4.69, 9.17) is 10.5 Å². The molecule has 0 saturated carbocycles. The van der Waals surface area contributed by atoms with Crippen molar-refractivity contribution in [2.45, 2.75) is 39.2 Å². The number of amides is 1. The van der Waals surface area contributed by atoms with Gasteiger partial charge in [0.25, 0.3) is 0 Å². The lowest BCUT2D eigenvalue weighted by molar-refractivity contribution is -0.136. The number of nitrogens with zero attached hydrogens (tertiary/aromatic N) is 1. The molecule has 0 aromatic carbocycles. The minimum atomic E-state index is -0.476. The number of nitrogens with one attached hydrogen (secondary N) is 1. The standard InChI is InChI=1S/C14H23N3O2S/c1-3-12-17-11(8-20-12)10(2)16-13(18)14(9-15)4-6-19-7-5-14/h8,10H,3-7,9,15H2,1-2H3,(H,16,18). The molecule has 1 aromatic heterocycles. The zero-order valence-electron chi connectivity index (χ0n) is 12.1. The fraction of sp³-hybridized carbons (Fsp3) is 0.714. The predicted molar refractivity (Wildman–Crippen MR) is 79.6 cm³/mol. The number of rotatable bonds is 5. The number of nitrogens with two attached hydrogens (primary N) is 1. The molecule has 1 aliphatic heterocycles. The van der Waals surface area contributed by atoms with Gasteiger partial charge in [-0.15, -0.1) is 11.3 Å². The summed E-state index contributed by atoms with van der Waals surface area (Å²) in [6.45, 7) is 5.63. The summed E-state index contributed by atoms with van der Waals surface area (Å²) in [6, 6.07) is -0.0784. The van der Waals surface area contributed by atoms with E-state index >= 15 is 0 Å². The van der Waals surface area contributed by atoms with Crippen molar-refractivity contribution < 1.29 is 9.53 Å². The highest BCUT2D eigenvalue weighted by atomic mass is 32.1. The fourth-order valence-corrected chi connectivity index (χ4v) is 3.23. The molecular weight excluding hydrogens is 274 g/mol. The Morgan fingerprint density at radius 2 is 2.30 bits per heavy atom. The van der Waals surface area contributed by atoms with E-state index in [-0.39, 0.29) is 11.9 Å². The Morgan fingerprint density at radius 3 is 2.85 bits per heavy atom. The Hall–Kier alpha value is -0.980. The number of ether oxygens (including phenoxy) is 1. The van der Waals surface area contributed by atoms with E-state index in [0.29, 0.717) is 32.6 Å². The normalized spacial score (nSPS) is 19.6. The molecular formula is C14H23N3O2S. The average Bonchev–Trinajstić information content (AvgIpc) is 2.97. The zero-order valence-corrected chi connectivity index (χ0v) is 13.0. The van der Waals surface area contributed by atoms with Gasteiger partial charge in [-0.3, -0.25) is 4.79 Å². The van der Waals surface area contributed by atoms with Gasteiger partial charge in [-0.2, -0.15) is 0 Å². The number of aromatic nitrogens is 1. The summed E-state index contributed by atoms with van der Waals surface area (Å²) < 4.78 is 5.34. The summed E-state index contributed by atoms with van der Waals surface area (Å²) in [5.41, 5.74) is 6.30.